The second-order valence-corrected chi connectivity index (χ2v) is 9.04. The lowest BCUT2D eigenvalue weighted by Gasteiger charge is -2.19. The Morgan fingerprint density at radius 2 is 1.67 bits per heavy atom. The molecule has 0 radical (unpaired) electrons. The van der Waals surface area contributed by atoms with Crippen molar-refractivity contribution < 1.29 is 22.7 Å². The van der Waals surface area contributed by atoms with Crippen LogP contribution >= 0.6 is 23.2 Å². The first-order valence-corrected chi connectivity index (χ1v) is 11.3. The summed E-state index contributed by atoms with van der Waals surface area (Å²) in [5.41, 5.74) is 0.797. The molecule has 10 heteroatoms. The molecule has 2 aromatic carbocycles. The fourth-order valence-corrected chi connectivity index (χ4v) is 4.67. The van der Waals surface area contributed by atoms with Crippen molar-refractivity contribution in [2.45, 2.75) is 25.7 Å². The number of amides is 1. The molecule has 0 atom stereocenters. The minimum Gasteiger partial charge on any atom is -0.452 e. The standard InChI is InChI=1S/C20H22Cl2N2O5S/c1-4-24(5-2)30(27,28)14-10-9-13(3)15(11-14)20(26)29-12-18(25)23-19-16(21)7-6-8-17(19)22/h6-11H,4-5,12H2,1-3H3,(H,23,25). The van der Waals surface area contributed by atoms with Crippen LogP contribution in [0.1, 0.15) is 29.8 Å². The van der Waals surface area contributed by atoms with Gasteiger partial charge in [0.1, 0.15) is 0 Å². The van der Waals surface area contributed by atoms with Gasteiger partial charge in [-0.1, -0.05) is 49.2 Å². The van der Waals surface area contributed by atoms with Gasteiger partial charge in [-0.2, -0.15) is 4.31 Å². The van der Waals surface area contributed by atoms with Crippen molar-refractivity contribution in [3.63, 3.8) is 0 Å². The number of carbonyl (C=O) groups is 2. The molecule has 1 N–H and O–H groups in total. The van der Waals surface area contributed by atoms with E-state index in [1.807, 2.05) is 0 Å². The van der Waals surface area contributed by atoms with Crippen LogP contribution in [0.15, 0.2) is 41.3 Å². The van der Waals surface area contributed by atoms with Gasteiger partial charge in [0.25, 0.3) is 5.91 Å². The van der Waals surface area contributed by atoms with Crippen LogP contribution in [0.5, 0.6) is 0 Å². The van der Waals surface area contributed by atoms with Gasteiger partial charge < -0.3 is 10.1 Å². The summed E-state index contributed by atoms with van der Waals surface area (Å²) < 4.78 is 31.7. The summed E-state index contributed by atoms with van der Waals surface area (Å²) in [4.78, 5) is 24.6. The molecule has 162 valence electrons. The molecule has 0 aromatic heterocycles. The number of aryl methyl sites for hydroxylation is 1. The lowest BCUT2D eigenvalue weighted by atomic mass is 10.1. The van der Waals surface area contributed by atoms with Crippen molar-refractivity contribution in [3.05, 3.63) is 57.6 Å². The van der Waals surface area contributed by atoms with Crippen LogP contribution < -0.4 is 5.32 Å². The number of esters is 1. The first-order valence-electron chi connectivity index (χ1n) is 9.13. The third-order valence-electron chi connectivity index (χ3n) is 4.33. The highest BCUT2D eigenvalue weighted by Crippen LogP contribution is 2.29. The Kier molecular flexibility index (Phi) is 8.25. The van der Waals surface area contributed by atoms with Crippen molar-refractivity contribution in [2.24, 2.45) is 0 Å². The summed E-state index contributed by atoms with van der Waals surface area (Å²) in [6, 6.07) is 8.96. The molecule has 0 heterocycles. The lowest BCUT2D eigenvalue weighted by molar-refractivity contribution is -0.119. The van der Waals surface area contributed by atoms with Crippen LogP contribution in [-0.2, 0) is 19.6 Å². The van der Waals surface area contributed by atoms with E-state index in [0.29, 0.717) is 18.7 Å². The molecule has 30 heavy (non-hydrogen) atoms. The quantitative estimate of drug-likeness (QED) is 0.582. The van der Waals surface area contributed by atoms with Crippen LogP contribution in [0, 0.1) is 6.92 Å². The van der Waals surface area contributed by atoms with Gasteiger partial charge >= 0.3 is 5.97 Å². The fourth-order valence-electron chi connectivity index (χ4n) is 2.70. The Labute approximate surface area is 186 Å². The van der Waals surface area contributed by atoms with Crippen LogP contribution in [0.25, 0.3) is 0 Å². The molecular formula is C20H22Cl2N2O5S. The number of hydrogen-bond donors (Lipinski definition) is 1. The summed E-state index contributed by atoms with van der Waals surface area (Å²) in [6.45, 7) is 5.12. The zero-order valence-electron chi connectivity index (χ0n) is 16.7. The number of rotatable bonds is 8. The van der Waals surface area contributed by atoms with E-state index >= 15 is 0 Å². The van der Waals surface area contributed by atoms with Crippen LogP contribution in [0.4, 0.5) is 5.69 Å². The zero-order chi connectivity index (χ0) is 22.5. The molecule has 2 rings (SSSR count). The van der Waals surface area contributed by atoms with Gasteiger partial charge in [-0.05, 0) is 36.8 Å². The van der Waals surface area contributed by atoms with Gasteiger partial charge in [0.05, 0.1) is 26.2 Å². The van der Waals surface area contributed by atoms with Gasteiger partial charge in [0, 0.05) is 13.1 Å². The molecule has 0 unspecified atom stereocenters. The molecule has 2 aromatic rings. The van der Waals surface area contributed by atoms with Crippen LogP contribution in [0.2, 0.25) is 10.0 Å². The van der Waals surface area contributed by atoms with Crippen LogP contribution in [0.3, 0.4) is 0 Å². The third-order valence-corrected chi connectivity index (χ3v) is 7.01. The molecule has 0 bridgehead atoms. The largest absolute Gasteiger partial charge is 0.452 e. The molecule has 0 fully saturated rings. The van der Waals surface area contributed by atoms with Gasteiger partial charge in [0.2, 0.25) is 10.0 Å². The second-order valence-electron chi connectivity index (χ2n) is 6.29. The third kappa shape index (κ3) is 5.51. The minimum absolute atomic E-state index is 0.0175. The molecule has 0 aliphatic rings. The smallest absolute Gasteiger partial charge is 0.338 e. The summed E-state index contributed by atoms with van der Waals surface area (Å²) in [5.74, 6) is -1.45. The molecule has 0 aliphatic heterocycles. The zero-order valence-corrected chi connectivity index (χ0v) is 19.1. The van der Waals surface area contributed by atoms with E-state index in [2.05, 4.69) is 5.32 Å². The Bertz CT molecular complexity index is 1030. The minimum atomic E-state index is -3.74. The maximum Gasteiger partial charge on any atom is 0.338 e. The molecule has 0 saturated heterocycles. The maximum absolute atomic E-state index is 12.7. The average Bonchev–Trinajstić information content (AvgIpc) is 2.70. The van der Waals surface area contributed by atoms with Gasteiger partial charge in [-0.25, -0.2) is 13.2 Å². The summed E-state index contributed by atoms with van der Waals surface area (Å²) in [5, 5.41) is 2.97. The normalized spacial score (nSPS) is 11.4. The van der Waals surface area contributed by atoms with Crippen molar-refractivity contribution in [2.75, 3.05) is 25.0 Å². The molecule has 0 spiro atoms. The monoisotopic (exact) mass is 472 g/mol. The van der Waals surface area contributed by atoms with Crippen LogP contribution in [-0.4, -0.2) is 44.3 Å². The number of nitrogens with one attached hydrogen (secondary N) is 1. The molecule has 7 nitrogen and oxygen atoms in total. The van der Waals surface area contributed by atoms with E-state index in [9.17, 15) is 18.0 Å². The number of ether oxygens (including phenoxy) is 1. The molecule has 0 saturated carbocycles. The van der Waals surface area contributed by atoms with E-state index in [0.717, 1.165) is 0 Å². The highest BCUT2D eigenvalue weighted by Gasteiger charge is 2.24. The van der Waals surface area contributed by atoms with Crippen molar-refractivity contribution in [1.82, 2.24) is 4.31 Å². The Morgan fingerprint density at radius 3 is 2.23 bits per heavy atom. The van der Waals surface area contributed by atoms with Gasteiger partial charge in [0.15, 0.2) is 6.61 Å². The summed E-state index contributed by atoms with van der Waals surface area (Å²) >= 11 is 12.0. The van der Waals surface area contributed by atoms with Gasteiger partial charge in [-0.3, -0.25) is 4.79 Å². The summed E-state index contributed by atoms with van der Waals surface area (Å²) in [6.07, 6.45) is 0. The first kappa shape index (κ1) is 24.1. The Balaban J connectivity index is 2.14. The van der Waals surface area contributed by atoms with Crippen molar-refractivity contribution in [3.8, 4) is 0 Å². The van der Waals surface area contributed by atoms with E-state index in [1.165, 1.54) is 22.5 Å². The number of nitrogens with zero attached hydrogens (tertiary/aromatic N) is 1. The Morgan fingerprint density at radius 1 is 1.07 bits per heavy atom. The van der Waals surface area contributed by atoms with E-state index < -0.39 is 28.5 Å². The number of carbonyl (C=O) groups excluding carboxylic acids is 2. The van der Waals surface area contributed by atoms with E-state index in [1.54, 1.807) is 39.0 Å². The number of hydrogen-bond acceptors (Lipinski definition) is 5. The predicted molar refractivity (Wildman–Crippen MR) is 117 cm³/mol. The van der Waals surface area contributed by atoms with E-state index in [-0.39, 0.29) is 26.2 Å². The van der Waals surface area contributed by atoms with Gasteiger partial charge in [-0.15, -0.1) is 0 Å². The van der Waals surface area contributed by atoms with Crippen molar-refractivity contribution in [1.29, 1.82) is 0 Å². The Hall–Kier alpha value is -2.13. The molecule has 0 aliphatic carbocycles. The first-order chi connectivity index (χ1) is 14.1. The predicted octanol–water partition coefficient (Wildman–Crippen LogP) is 4.13. The molecular weight excluding hydrogens is 451 g/mol. The maximum atomic E-state index is 12.7. The van der Waals surface area contributed by atoms with E-state index in [4.69, 9.17) is 27.9 Å². The fraction of sp³-hybridized carbons (Fsp3) is 0.300. The highest BCUT2D eigenvalue weighted by atomic mass is 35.5. The number of anilines is 1. The van der Waals surface area contributed by atoms with Crippen molar-refractivity contribution >= 4 is 50.8 Å². The topological polar surface area (TPSA) is 92.8 Å². The average molecular weight is 473 g/mol. The number of para-hydroxylation sites is 1. The second kappa shape index (κ2) is 10.3. The summed E-state index contributed by atoms with van der Waals surface area (Å²) in [7, 11) is -3.74. The SMILES string of the molecule is CCN(CC)S(=O)(=O)c1ccc(C)c(C(=O)OCC(=O)Nc2c(Cl)cccc2Cl)c1. The lowest BCUT2D eigenvalue weighted by Crippen LogP contribution is -2.30. The number of benzene rings is 2. The number of sulfonamides is 1. The molecule has 1 amide bonds. The highest BCUT2D eigenvalue weighted by molar-refractivity contribution is 7.89. The number of halogens is 2.